The van der Waals surface area contributed by atoms with Crippen LogP contribution in [-0.4, -0.2) is 33.6 Å². The minimum absolute atomic E-state index is 0.0881. The number of rotatable bonds is 6. The molecule has 0 spiro atoms. The van der Waals surface area contributed by atoms with Crippen molar-refractivity contribution >= 4 is 50.1 Å². The van der Waals surface area contributed by atoms with Crippen LogP contribution in [0.25, 0.3) is 10.2 Å². The van der Waals surface area contributed by atoms with Gasteiger partial charge in [0.1, 0.15) is 34.2 Å². The van der Waals surface area contributed by atoms with E-state index >= 15 is 0 Å². The van der Waals surface area contributed by atoms with E-state index in [9.17, 15) is 9.59 Å². The number of hydrogen-bond donors (Lipinski definition) is 0. The van der Waals surface area contributed by atoms with Gasteiger partial charge in [0.2, 0.25) is 0 Å². The number of thioether (sulfide) groups is 1. The molecule has 1 aliphatic rings. The normalized spacial score (nSPS) is 15.9. The fourth-order valence-corrected chi connectivity index (χ4v) is 4.96. The molecule has 3 aromatic rings. The van der Waals surface area contributed by atoms with Crippen LogP contribution in [0.15, 0.2) is 47.5 Å². The third-order valence-corrected chi connectivity index (χ3v) is 6.46. The van der Waals surface area contributed by atoms with Crippen molar-refractivity contribution in [1.29, 1.82) is 0 Å². The van der Waals surface area contributed by atoms with E-state index in [0.717, 1.165) is 31.6 Å². The van der Waals surface area contributed by atoms with Crippen molar-refractivity contribution < 1.29 is 19.1 Å². The van der Waals surface area contributed by atoms with Crippen molar-refractivity contribution in [3.05, 3.63) is 53.0 Å². The van der Waals surface area contributed by atoms with Gasteiger partial charge in [0.05, 0.1) is 10.2 Å². The van der Waals surface area contributed by atoms with Crippen LogP contribution in [0, 0.1) is 0 Å². The first kappa shape index (κ1) is 19.6. The van der Waals surface area contributed by atoms with Gasteiger partial charge in [-0.15, -0.1) is 23.1 Å². The lowest BCUT2D eigenvalue weighted by Gasteiger charge is -2.07. The van der Waals surface area contributed by atoms with Gasteiger partial charge < -0.3 is 9.47 Å². The zero-order valence-electron chi connectivity index (χ0n) is 15.9. The summed E-state index contributed by atoms with van der Waals surface area (Å²) in [5.41, 5.74) is 1.86. The minimum Gasteiger partial charge on any atom is -0.489 e. The monoisotopic (exact) mass is 426 g/mol. The molecule has 0 radical (unpaired) electrons. The van der Waals surface area contributed by atoms with Crippen LogP contribution in [-0.2, 0) is 16.2 Å². The summed E-state index contributed by atoms with van der Waals surface area (Å²) in [5, 5.41) is 1.67. The van der Waals surface area contributed by atoms with E-state index in [1.165, 1.54) is 6.92 Å². The topological polar surface area (TPSA) is 77.8 Å². The van der Waals surface area contributed by atoms with Gasteiger partial charge >= 0.3 is 5.97 Å². The number of aliphatic imine (C=N–C) groups is 1. The lowest BCUT2D eigenvalue weighted by Crippen LogP contribution is -2.14. The molecule has 0 aliphatic carbocycles. The van der Waals surface area contributed by atoms with Crippen molar-refractivity contribution in [3.63, 3.8) is 0 Å². The first-order chi connectivity index (χ1) is 14.0. The number of aromatic nitrogens is 1. The van der Waals surface area contributed by atoms with E-state index in [1.807, 2.05) is 30.3 Å². The minimum atomic E-state index is -0.343. The van der Waals surface area contributed by atoms with E-state index in [1.54, 1.807) is 42.2 Å². The summed E-state index contributed by atoms with van der Waals surface area (Å²) in [6.45, 7) is 3.35. The number of benzene rings is 2. The number of ketones is 1. The van der Waals surface area contributed by atoms with Gasteiger partial charge in [-0.1, -0.05) is 12.1 Å². The molecule has 4 rings (SSSR count). The van der Waals surface area contributed by atoms with Gasteiger partial charge in [-0.3, -0.25) is 14.6 Å². The van der Waals surface area contributed by atoms with Gasteiger partial charge in [-0.05, 0) is 42.8 Å². The van der Waals surface area contributed by atoms with Crippen molar-refractivity contribution in [3.8, 4) is 11.5 Å². The summed E-state index contributed by atoms with van der Waals surface area (Å²) in [6, 6.07) is 12.7. The maximum absolute atomic E-state index is 11.5. The second-order valence-electron chi connectivity index (χ2n) is 6.55. The number of carbonyl (C=O) groups excluding carboxylic acids is 2. The van der Waals surface area contributed by atoms with Crippen molar-refractivity contribution in [2.75, 3.05) is 5.75 Å². The third kappa shape index (κ3) is 4.65. The molecule has 2 heterocycles. The standard InChI is InChI=1S/C21H18N2O4S2/c1-12(24)18-11-28-20(23-18)21-22-17-8-7-16(9-19(17)29-21)26-10-14-3-5-15(6-4-14)27-13(2)25/h3-9,18H,10-11H2,1-2H3. The van der Waals surface area contributed by atoms with Crippen molar-refractivity contribution in [1.82, 2.24) is 4.98 Å². The average Bonchev–Trinajstić information content (AvgIpc) is 3.33. The average molecular weight is 427 g/mol. The third-order valence-electron chi connectivity index (χ3n) is 4.25. The highest BCUT2D eigenvalue weighted by atomic mass is 32.2. The highest BCUT2D eigenvalue weighted by Crippen LogP contribution is 2.32. The molecule has 1 aliphatic heterocycles. The molecule has 0 bridgehead atoms. The van der Waals surface area contributed by atoms with Crippen LogP contribution >= 0.6 is 23.1 Å². The number of hydrogen-bond acceptors (Lipinski definition) is 8. The van der Waals surface area contributed by atoms with Crippen molar-refractivity contribution in [2.45, 2.75) is 26.5 Å². The summed E-state index contributed by atoms with van der Waals surface area (Å²) in [5.74, 6) is 1.69. The Hall–Kier alpha value is -2.71. The zero-order valence-corrected chi connectivity index (χ0v) is 17.5. The number of thiazole rings is 1. The first-order valence-corrected chi connectivity index (χ1v) is 10.8. The van der Waals surface area contributed by atoms with Gasteiger partial charge in [0, 0.05) is 12.7 Å². The molecule has 6 nitrogen and oxygen atoms in total. The van der Waals surface area contributed by atoms with E-state index in [-0.39, 0.29) is 17.8 Å². The van der Waals surface area contributed by atoms with E-state index in [0.29, 0.717) is 18.1 Å². The van der Waals surface area contributed by atoms with Crippen LogP contribution in [0.2, 0.25) is 0 Å². The maximum Gasteiger partial charge on any atom is 0.308 e. The smallest absolute Gasteiger partial charge is 0.308 e. The fourth-order valence-electron chi connectivity index (χ4n) is 2.77. The maximum atomic E-state index is 11.5. The lowest BCUT2D eigenvalue weighted by molar-refractivity contribution is -0.131. The highest BCUT2D eigenvalue weighted by Gasteiger charge is 2.24. The van der Waals surface area contributed by atoms with Crippen LogP contribution in [0.3, 0.4) is 0 Å². The number of fused-ring (bicyclic) bond motifs is 1. The Kier molecular flexibility index (Phi) is 5.64. The Bertz CT molecular complexity index is 1110. The highest BCUT2D eigenvalue weighted by molar-refractivity contribution is 8.15. The summed E-state index contributed by atoms with van der Waals surface area (Å²) < 4.78 is 11.9. The van der Waals surface area contributed by atoms with Crippen molar-refractivity contribution in [2.24, 2.45) is 4.99 Å². The first-order valence-electron chi connectivity index (χ1n) is 9.00. The summed E-state index contributed by atoms with van der Waals surface area (Å²) in [7, 11) is 0. The molecule has 1 unspecified atom stereocenters. The Balaban J connectivity index is 1.45. The molecule has 1 aromatic heterocycles. The van der Waals surface area contributed by atoms with Crippen LogP contribution in [0.5, 0.6) is 11.5 Å². The predicted molar refractivity (Wildman–Crippen MR) is 115 cm³/mol. The molecule has 0 saturated carbocycles. The molecular weight excluding hydrogens is 408 g/mol. The van der Waals surface area contributed by atoms with E-state index < -0.39 is 0 Å². The van der Waals surface area contributed by atoms with E-state index in [4.69, 9.17) is 9.47 Å². The quantitative estimate of drug-likeness (QED) is 0.433. The summed E-state index contributed by atoms with van der Waals surface area (Å²) >= 11 is 3.13. The summed E-state index contributed by atoms with van der Waals surface area (Å²) in [6.07, 6.45) is 0. The molecule has 148 valence electrons. The largest absolute Gasteiger partial charge is 0.489 e. The predicted octanol–water partition coefficient (Wildman–Crippen LogP) is 4.25. The molecule has 29 heavy (non-hydrogen) atoms. The molecule has 0 fully saturated rings. The fraction of sp³-hybridized carbons (Fsp3) is 0.238. The Morgan fingerprint density at radius 1 is 1.10 bits per heavy atom. The molecule has 8 heteroatoms. The Morgan fingerprint density at radius 2 is 1.86 bits per heavy atom. The number of carbonyl (C=O) groups is 2. The second kappa shape index (κ2) is 8.34. The SMILES string of the molecule is CC(=O)Oc1ccc(COc2ccc3nc(C4=NC(C(C)=O)CS4)sc3c2)cc1. The number of Topliss-reactive ketones (excluding diaryl/α,β-unsaturated/α-hetero) is 1. The summed E-state index contributed by atoms with van der Waals surface area (Å²) in [4.78, 5) is 31.6. The second-order valence-corrected chi connectivity index (χ2v) is 8.59. The molecule has 0 amide bonds. The Labute approximate surface area is 176 Å². The van der Waals surface area contributed by atoms with E-state index in [2.05, 4.69) is 9.98 Å². The van der Waals surface area contributed by atoms with Crippen LogP contribution in [0.1, 0.15) is 24.4 Å². The zero-order chi connectivity index (χ0) is 20.4. The van der Waals surface area contributed by atoms with Gasteiger partial charge in [0.25, 0.3) is 0 Å². The molecule has 0 N–H and O–H groups in total. The van der Waals surface area contributed by atoms with Crippen LogP contribution in [0.4, 0.5) is 0 Å². The number of esters is 1. The number of nitrogens with zero attached hydrogens (tertiary/aromatic N) is 2. The number of ether oxygens (including phenoxy) is 2. The van der Waals surface area contributed by atoms with Gasteiger partial charge in [-0.25, -0.2) is 4.98 Å². The van der Waals surface area contributed by atoms with Gasteiger partial charge in [-0.2, -0.15) is 0 Å². The molecular formula is C21H18N2O4S2. The van der Waals surface area contributed by atoms with Crippen LogP contribution < -0.4 is 9.47 Å². The van der Waals surface area contributed by atoms with Gasteiger partial charge in [0.15, 0.2) is 5.78 Å². The molecule has 1 atom stereocenters. The molecule has 2 aromatic carbocycles. The Morgan fingerprint density at radius 3 is 2.55 bits per heavy atom. The molecule has 0 saturated heterocycles. The lowest BCUT2D eigenvalue weighted by atomic mass is 10.2.